The summed E-state index contributed by atoms with van der Waals surface area (Å²) in [6, 6.07) is 15.5. The Hall–Kier alpha value is -3.20. The molecule has 0 atom stereocenters. The molecule has 2 aromatic heterocycles. The second-order valence-corrected chi connectivity index (χ2v) is 11.4. The first-order chi connectivity index (χ1) is 16.5. The molecule has 0 radical (unpaired) electrons. The van der Waals surface area contributed by atoms with E-state index in [1.165, 1.54) is 44.6 Å². The van der Waals surface area contributed by atoms with E-state index in [0.29, 0.717) is 11.8 Å². The van der Waals surface area contributed by atoms with Crippen molar-refractivity contribution in [3.05, 3.63) is 89.5 Å². The third-order valence-electron chi connectivity index (χ3n) is 7.03. The summed E-state index contributed by atoms with van der Waals surface area (Å²) in [6.45, 7) is 18.2. The standard InChI is InChI=1S/C32H40N3/c1-21(2)26-17-25(24-13-11-10-12-14-24)18-27(22(3)4)30(26)35-16-15-34(9)31(35)28-19-33-20-29(23(28)5)32(6,7)8/h10-22H,1-9H3/q+1. The molecule has 4 rings (SSSR count). The lowest BCUT2D eigenvalue weighted by atomic mass is 9.84. The number of benzene rings is 2. The number of pyridine rings is 1. The normalized spacial score (nSPS) is 12.1. The van der Waals surface area contributed by atoms with Crippen molar-refractivity contribution in [2.75, 3.05) is 0 Å². The SMILES string of the molecule is Cc1c(-c2n(-c3c(C(C)C)cc(-c4ccccc4)cc3C(C)C)cc[n+]2C)cncc1C(C)(C)C. The van der Waals surface area contributed by atoms with Crippen molar-refractivity contribution >= 4 is 0 Å². The van der Waals surface area contributed by atoms with E-state index in [2.05, 4.69) is 131 Å². The van der Waals surface area contributed by atoms with E-state index in [-0.39, 0.29) is 5.41 Å². The van der Waals surface area contributed by atoms with Crippen LogP contribution in [0.25, 0.3) is 28.2 Å². The van der Waals surface area contributed by atoms with Gasteiger partial charge in [0.05, 0.1) is 12.6 Å². The van der Waals surface area contributed by atoms with E-state index in [1.54, 1.807) is 0 Å². The number of imidazole rings is 1. The molecule has 0 spiro atoms. The molecule has 0 N–H and O–H groups in total. The first-order valence-electron chi connectivity index (χ1n) is 12.8. The van der Waals surface area contributed by atoms with E-state index in [4.69, 9.17) is 0 Å². The molecule has 0 amide bonds. The van der Waals surface area contributed by atoms with Gasteiger partial charge in [-0.15, -0.1) is 0 Å². The molecule has 0 saturated carbocycles. The second kappa shape index (κ2) is 9.45. The average Bonchev–Trinajstić information content (AvgIpc) is 3.18. The Labute approximate surface area is 211 Å². The molecular formula is C32H40N3+. The lowest BCUT2D eigenvalue weighted by Crippen LogP contribution is -2.30. The highest BCUT2D eigenvalue weighted by molar-refractivity contribution is 5.71. The van der Waals surface area contributed by atoms with Crippen molar-refractivity contribution in [2.45, 2.75) is 72.6 Å². The fraction of sp³-hybridized carbons (Fsp3) is 0.375. The van der Waals surface area contributed by atoms with E-state index in [0.717, 1.165) is 5.82 Å². The maximum absolute atomic E-state index is 4.69. The van der Waals surface area contributed by atoms with Gasteiger partial charge in [-0.1, -0.05) is 78.8 Å². The predicted molar refractivity (Wildman–Crippen MR) is 147 cm³/mol. The van der Waals surface area contributed by atoms with Gasteiger partial charge >= 0.3 is 0 Å². The van der Waals surface area contributed by atoms with Gasteiger partial charge in [-0.2, -0.15) is 4.57 Å². The minimum atomic E-state index is 0.0343. The van der Waals surface area contributed by atoms with Crippen LogP contribution in [0.5, 0.6) is 0 Å². The molecule has 35 heavy (non-hydrogen) atoms. The van der Waals surface area contributed by atoms with Crippen LogP contribution in [0.3, 0.4) is 0 Å². The molecule has 0 unspecified atom stereocenters. The van der Waals surface area contributed by atoms with Crippen LogP contribution < -0.4 is 4.57 Å². The summed E-state index contributed by atoms with van der Waals surface area (Å²) >= 11 is 0. The third-order valence-corrected chi connectivity index (χ3v) is 7.03. The number of hydrogen-bond acceptors (Lipinski definition) is 1. The van der Waals surface area contributed by atoms with Gasteiger partial charge in [0.25, 0.3) is 5.82 Å². The molecule has 4 aromatic rings. The number of rotatable bonds is 5. The molecule has 2 heterocycles. The van der Waals surface area contributed by atoms with Crippen molar-refractivity contribution in [2.24, 2.45) is 7.05 Å². The third kappa shape index (κ3) is 4.69. The van der Waals surface area contributed by atoms with Gasteiger partial charge in [-0.25, -0.2) is 4.57 Å². The van der Waals surface area contributed by atoms with Crippen LogP contribution in [0, 0.1) is 6.92 Å². The molecule has 0 saturated heterocycles. The predicted octanol–water partition coefficient (Wildman–Crippen LogP) is 7.88. The topological polar surface area (TPSA) is 21.7 Å². The lowest BCUT2D eigenvalue weighted by molar-refractivity contribution is -0.659. The molecule has 3 nitrogen and oxygen atoms in total. The minimum absolute atomic E-state index is 0.0343. The van der Waals surface area contributed by atoms with Crippen molar-refractivity contribution in [1.82, 2.24) is 9.55 Å². The zero-order valence-electron chi connectivity index (χ0n) is 22.8. The highest BCUT2D eigenvalue weighted by Gasteiger charge is 2.29. The van der Waals surface area contributed by atoms with Gasteiger partial charge in [0.1, 0.15) is 18.1 Å². The molecule has 0 aliphatic heterocycles. The number of aromatic nitrogens is 3. The Bertz CT molecular complexity index is 1310. The van der Waals surface area contributed by atoms with Crippen molar-refractivity contribution in [3.8, 4) is 28.2 Å². The monoisotopic (exact) mass is 466 g/mol. The quantitative estimate of drug-likeness (QED) is 0.274. The van der Waals surface area contributed by atoms with Crippen LogP contribution in [0.2, 0.25) is 0 Å². The van der Waals surface area contributed by atoms with Gasteiger partial charge in [0, 0.05) is 23.5 Å². The summed E-state index contributed by atoms with van der Waals surface area (Å²) in [6.07, 6.45) is 8.43. The first-order valence-corrected chi connectivity index (χ1v) is 12.8. The summed E-state index contributed by atoms with van der Waals surface area (Å²) in [5.41, 5.74) is 10.4. The molecule has 2 aromatic carbocycles. The Balaban J connectivity index is 2.03. The largest absolute Gasteiger partial charge is 0.295 e. The average molecular weight is 467 g/mol. The second-order valence-electron chi connectivity index (χ2n) is 11.4. The smallest absolute Gasteiger partial charge is 0.263 e. The Morgan fingerprint density at radius 1 is 0.857 bits per heavy atom. The molecule has 182 valence electrons. The molecule has 0 aliphatic rings. The van der Waals surface area contributed by atoms with Crippen LogP contribution in [0.4, 0.5) is 0 Å². The number of nitrogens with zero attached hydrogens (tertiary/aromatic N) is 3. The highest BCUT2D eigenvalue weighted by Crippen LogP contribution is 2.38. The van der Waals surface area contributed by atoms with Gasteiger partial charge in [0.2, 0.25) is 0 Å². The molecule has 0 fully saturated rings. The maximum Gasteiger partial charge on any atom is 0.295 e. The van der Waals surface area contributed by atoms with E-state index >= 15 is 0 Å². The van der Waals surface area contributed by atoms with Crippen LogP contribution in [0.15, 0.2) is 67.3 Å². The minimum Gasteiger partial charge on any atom is -0.263 e. The fourth-order valence-electron chi connectivity index (χ4n) is 5.12. The molecule has 3 heteroatoms. The van der Waals surface area contributed by atoms with E-state index in [9.17, 15) is 0 Å². The van der Waals surface area contributed by atoms with Crippen LogP contribution >= 0.6 is 0 Å². The zero-order chi connectivity index (χ0) is 25.5. The van der Waals surface area contributed by atoms with Crippen LogP contribution in [0.1, 0.15) is 82.6 Å². The number of aryl methyl sites for hydroxylation is 1. The lowest BCUT2D eigenvalue weighted by Gasteiger charge is -2.23. The van der Waals surface area contributed by atoms with Crippen LogP contribution in [-0.2, 0) is 12.5 Å². The van der Waals surface area contributed by atoms with E-state index < -0.39 is 0 Å². The van der Waals surface area contributed by atoms with Crippen molar-refractivity contribution in [3.63, 3.8) is 0 Å². The first kappa shape index (κ1) is 24.9. The summed E-state index contributed by atoms with van der Waals surface area (Å²) in [5.74, 6) is 1.93. The molecule has 0 bridgehead atoms. The highest BCUT2D eigenvalue weighted by atomic mass is 15.1. The summed E-state index contributed by atoms with van der Waals surface area (Å²) in [4.78, 5) is 4.69. The van der Waals surface area contributed by atoms with Gasteiger partial charge in [-0.05, 0) is 58.6 Å². The zero-order valence-corrected chi connectivity index (χ0v) is 22.8. The Kier molecular flexibility index (Phi) is 6.73. The number of hydrogen-bond donors (Lipinski definition) is 0. The summed E-state index contributed by atoms with van der Waals surface area (Å²) in [7, 11) is 2.14. The molecular weight excluding hydrogens is 426 g/mol. The molecule has 0 aliphatic carbocycles. The van der Waals surface area contributed by atoms with Gasteiger partial charge in [-0.3, -0.25) is 4.98 Å². The summed E-state index contributed by atoms with van der Waals surface area (Å²) < 4.78 is 4.63. The van der Waals surface area contributed by atoms with E-state index in [1.807, 2.05) is 12.4 Å². The maximum atomic E-state index is 4.69. The Morgan fingerprint density at radius 3 is 2.00 bits per heavy atom. The van der Waals surface area contributed by atoms with Gasteiger partial charge in [0.15, 0.2) is 0 Å². The van der Waals surface area contributed by atoms with Crippen LogP contribution in [-0.4, -0.2) is 9.55 Å². The van der Waals surface area contributed by atoms with Crippen molar-refractivity contribution in [1.29, 1.82) is 0 Å². The Morgan fingerprint density at radius 2 is 1.46 bits per heavy atom. The summed E-state index contributed by atoms with van der Waals surface area (Å²) in [5, 5.41) is 0. The van der Waals surface area contributed by atoms with Crippen molar-refractivity contribution < 1.29 is 4.57 Å². The fourth-order valence-corrected chi connectivity index (χ4v) is 5.12. The van der Waals surface area contributed by atoms with Gasteiger partial charge < -0.3 is 0 Å².